The Hall–Kier alpha value is -0.910. The van der Waals surface area contributed by atoms with Crippen LogP contribution in [0.3, 0.4) is 0 Å². The Kier molecular flexibility index (Phi) is 2.92. The van der Waals surface area contributed by atoms with Gasteiger partial charge in [0.25, 0.3) is 0 Å². The van der Waals surface area contributed by atoms with Gasteiger partial charge in [-0.3, -0.25) is 0 Å². The number of sulfonamides is 1. The Labute approximate surface area is 108 Å². The lowest BCUT2D eigenvalue weighted by atomic mass is 9.92. The highest BCUT2D eigenvalue weighted by Gasteiger charge is 2.49. The van der Waals surface area contributed by atoms with Gasteiger partial charge in [0, 0.05) is 25.2 Å². The summed E-state index contributed by atoms with van der Waals surface area (Å²) < 4.78 is 26.6. The molecule has 3 saturated heterocycles. The molecule has 0 spiro atoms. The lowest BCUT2D eigenvalue weighted by Crippen LogP contribution is -2.69. The van der Waals surface area contributed by atoms with E-state index in [9.17, 15) is 8.42 Å². The van der Waals surface area contributed by atoms with Crippen LogP contribution in [0.15, 0.2) is 30.3 Å². The van der Waals surface area contributed by atoms with Crippen molar-refractivity contribution in [1.82, 2.24) is 9.21 Å². The van der Waals surface area contributed by atoms with Gasteiger partial charge >= 0.3 is 0 Å². The maximum atomic E-state index is 12.4. The first kappa shape index (κ1) is 12.1. The molecule has 0 aliphatic carbocycles. The third-order valence-corrected chi connectivity index (χ3v) is 5.76. The Morgan fingerprint density at radius 2 is 1.78 bits per heavy atom. The van der Waals surface area contributed by atoms with Crippen molar-refractivity contribution in [2.24, 2.45) is 0 Å². The van der Waals surface area contributed by atoms with E-state index in [0.717, 1.165) is 25.1 Å². The van der Waals surface area contributed by atoms with Gasteiger partial charge in [-0.1, -0.05) is 30.3 Å². The molecule has 0 amide bonds. The van der Waals surface area contributed by atoms with Crippen molar-refractivity contribution in [1.29, 1.82) is 0 Å². The van der Waals surface area contributed by atoms with Gasteiger partial charge < -0.3 is 4.90 Å². The first-order valence-electron chi connectivity index (χ1n) is 6.30. The van der Waals surface area contributed by atoms with Crippen LogP contribution < -0.4 is 0 Å². The van der Waals surface area contributed by atoms with Crippen LogP contribution in [0.4, 0.5) is 0 Å². The number of nitrogens with zero attached hydrogens (tertiary/aromatic N) is 2. The molecule has 3 heterocycles. The molecule has 1 aromatic rings. The normalized spacial score (nSPS) is 28.9. The highest BCUT2D eigenvalue weighted by molar-refractivity contribution is 7.88. The summed E-state index contributed by atoms with van der Waals surface area (Å²) in [6.45, 7) is 1.73. The van der Waals surface area contributed by atoms with E-state index in [1.54, 1.807) is 4.31 Å². The summed E-state index contributed by atoms with van der Waals surface area (Å²) in [5, 5.41) is 0. The van der Waals surface area contributed by atoms with Gasteiger partial charge in [0.15, 0.2) is 0 Å². The molecule has 1 aromatic carbocycles. The molecule has 3 aliphatic rings. The highest BCUT2D eigenvalue weighted by Crippen LogP contribution is 2.35. The quantitative estimate of drug-likeness (QED) is 0.816. The standard InChI is InChI=1S/C13H18N2O2S/c1-14-8-12-7-13(9-14)15(12)18(16,17)10-11-5-3-2-4-6-11/h2-6,12-13H,7-10H2,1H3. The molecule has 2 bridgehead atoms. The van der Waals surface area contributed by atoms with Crippen LogP contribution >= 0.6 is 0 Å². The molecule has 18 heavy (non-hydrogen) atoms. The van der Waals surface area contributed by atoms with Crippen molar-refractivity contribution in [3.63, 3.8) is 0 Å². The number of rotatable bonds is 3. The zero-order valence-electron chi connectivity index (χ0n) is 10.5. The van der Waals surface area contributed by atoms with E-state index in [1.165, 1.54) is 0 Å². The average molecular weight is 266 g/mol. The van der Waals surface area contributed by atoms with E-state index >= 15 is 0 Å². The zero-order valence-corrected chi connectivity index (χ0v) is 11.3. The average Bonchev–Trinajstić information content (AvgIpc) is 2.28. The van der Waals surface area contributed by atoms with E-state index in [0.29, 0.717) is 0 Å². The first-order chi connectivity index (χ1) is 8.56. The van der Waals surface area contributed by atoms with E-state index in [2.05, 4.69) is 11.9 Å². The van der Waals surface area contributed by atoms with Crippen molar-refractivity contribution >= 4 is 10.0 Å². The molecule has 2 atom stereocenters. The van der Waals surface area contributed by atoms with Crippen molar-refractivity contribution < 1.29 is 8.42 Å². The van der Waals surface area contributed by atoms with Crippen molar-refractivity contribution in [3.05, 3.63) is 35.9 Å². The number of piperazine rings is 1. The van der Waals surface area contributed by atoms with Crippen LogP contribution in [0.5, 0.6) is 0 Å². The fraction of sp³-hybridized carbons (Fsp3) is 0.538. The van der Waals surface area contributed by atoms with E-state index < -0.39 is 10.0 Å². The number of fused-ring (bicyclic) bond motifs is 2. The largest absolute Gasteiger partial charge is 0.303 e. The Balaban J connectivity index is 1.76. The molecule has 0 N–H and O–H groups in total. The summed E-state index contributed by atoms with van der Waals surface area (Å²) in [5.74, 6) is 0.130. The summed E-state index contributed by atoms with van der Waals surface area (Å²) in [7, 11) is -1.10. The number of piperidine rings is 1. The predicted molar refractivity (Wildman–Crippen MR) is 70.6 cm³/mol. The van der Waals surface area contributed by atoms with Crippen LogP contribution in [-0.4, -0.2) is 49.8 Å². The van der Waals surface area contributed by atoms with E-state index in [-0.39, 0.29) is 17.8 Å². The Morgan fingerprint density at radius 1 is 1.17 bits per heavy atom. The molecule has 0 radical (unpaired) electrons. The third-order valence-electron chi connectivity index (χ3n) is 3.82. The third kappa shape index (κ3) is 2.06. The summed E-state index contributed by atoms with van der Waals surface area (Å²) in [6, 6.07) is 9.82. The minimum atomic E-state index is -3.15. The molecule has 4 rings (SSSR count). The van der Waals surface area contributed by atoms with Gasteiger partial charge in [0.2, 0.25) is 10.0 Å². The topological polar surface area (TPSA) is 40.6 Å². The van der Waals surface area contributed by atoms with Crippen LogP contribution in [0.2, 0.25) is 0 Å². The van der Waals surface area contributed by atoms with Crippen LogP contribution in [0.1, 0.15) is 12.0 Å². The monoisotopic (exact) mass is 266 g/mol. The summed E-state index contributed by atoms with van der Waals surface area (Å²) >= 11 is 0. The molecule has 0 aromatic heterocycles. The van der Waals surface area contributed by atoms with Crippen LogP contribution in [0.25, 0.3) is 0 Å². The number of benzene rings is 1. The van der Waals surface area contributed by atoms with Crippen molar-refractivity contribution in [2.45, 2.75) is 24.3 Å². The smallest absolute Gasteiger partial charge is 0.218 e. The molecule has 3 aliphatic heterocycles. The number of hydrogen-bond acceptors (Lipinski definition) is 3. The zero-order chi connectivity index (χ0) is 12.8. The van der Waals surface area contributed by atoms with Crippen LogP contribution in [0, 0.1) is 0 Å². The van der Waals surface area contributed by atoms with Gasteiger partial charge in [0.05, 0.1) is 5.75 Å². The second kappa shape index (κ2) is 4.33. The maximum absolute atomic E-state index is 12.4. The van der Waals surface area contributed by atoms with Crippen molar-refractivity contribution in [2.75, 3.05) is 20.1 Å². The van der Waals surface area contributed by atoms with Gasteiger partial charge in [-0.15, -0.1) is 0 Å². The van der Waals surface area contributed by atoms with Crippen LogP contribution in [-0.2, 0) is 15.8 Å². The summed E-state index contributed by atoms with van der Waals surface area (Å²) in [4.78, 5) is 2.22. The minimum Gasteiger partial charge on any atom is -0.303 e. The first-order valence-corrected chi connectivity index (χ1v) is 7.91. The summed E-state index contributed by atoms with van der Waals surface area (Å²) in [5.41, 5.74) is 0.871. The molecule has 0 saturated carbocycles. The molecular weight excluding hydrogens is 248 g/mol. The van der Waals surface area contributed by atoms with Gasteiger partial charge in [-0.05, 0) is 19.0 Å². The van der Waals surface area contributed by atoms with Gasteiger partial charge in [0.1, 0.15) is 0 Å². The number of hydrogen-bond donors (Lipinski definition) is 0. The fourth-order valence-corrected chi connectivity index (χ4v) is 5.08. The van der Waals surface area contributed by atoms with Gasteiger partial charge in [-0.25, -0.2) is 8.42 Å². The molecule has 2 unspecified atom stereocenters. The van der Waals surface area contributed by atoms with E-state index in [4.69, 9.17) is 0 Å². The molecule has 3 fully saturated rings. The Morgan fingerprint density at radius 3 is 2.39 bits per heavy atom. The number of likely N-dealkylation sites (N-methyl/N-ethyl adjacent to an activating group) is 1. The SMILES string of the molecule is CN1CC2CC(C1)N2S(=O)(=O)Cc1ccccc1. The summed E-state index contributed by atoms with van der Waals surface area (Å²) in [6.07, 6.45) is 1.03. The Bertz CT molecular complexity index is 517. The van der Waals surface area contributed by atoms with Gasteiger partial charge in [-0.2, -0.15) is 4.31 Å². The lowest BCUT2D eigenvalue weighted by molar-refractivity contribution is 0.00549. The molecular formula is C13H18N2O2S. The second-order valence-corrected chi connectivity index (χ2v) is 7.21. The van der Waals surface area contributed by atoms with Crippen molar-refractivity contribution in [3.8, 4) is 0 Å². The minimum absolute atomic E-state index is 0.130. The fourth-order valence-electron chi connectivity index (χ4n) is 3.10. The second-order valence-electron chi connectivity index (χ2n) is 5.34. The molecule has 4 nitrogen and oxygen atoms in total. The molecule has 5 heteroatoms. The van der Waals surface area contributed by atoms with E-state index in [1.807, 2.05) is 30.3 Å². The predicted octanol–water partition coefficient (Wildman–Crippen LogP) is 0.905. The highest BCUT2D eigenvalue weighted by atomic mass is 32.2. The maximum Gasteiger partial charge on any atom is 0.218 e. The lowest BCUT2D eigenvalue weighted by Gasteiger charge is -2.54. The molecule has 98 valence electrons.